The Labute approximate surface area is 218 Å². The van der Waals surface area contributed by atoms with Crippen molar-refractivity contribution in [2.45, 2.75) is 27.7 Å². The number of anilines is 4. The van der Waals surface area contributed by atoms with Crippen LogP contribution in [0.4, 0.5) is 23.0 Å². The van der Waals surface area contributed by atoms with Gasteiger partial charge in [-0.15, -0.1) is 0 Å². The summed E-state index contributed by atoms with van der Waals surface area (Å²) in [6.45, 7) is 9.30. The van der Waals surface area contributed by atoms with Gasteiger partial charge in [-0.3, -0.25) is 0 Å². The Balaban J connectivity index is 1.69. The fraction of sp³-hybridized carbons (Fsp3) is 0.152. The van der Waals surface area contributed by atoms with Crippen LogP contribution in [0.15, 0.2) is 97.1 Å². The maximum Gasteiger partial charge on any atom is 0.179 e. The molecule has 0 bridgehead atoms. The minimum Gasteiger partial charge on any atom is -0.305 e. The molecule has 5 aromatic rings. The fourth-order valence-electron chi connectivity index (χ4n) is 5.40. The van der Waals surface area contributed by atoms with E-state index >= 15 is 0 Å². The lowest BCUT2D eigenvalue weighted by molar-refractivity contribution is 0.976. The topological polar surface area (TPSA) is 32.3 Å². The van der Waals surface area contributed by atoms with Crippen LogP contribution in [0.1, 0.15) is 22.3 Å². The summed E-state index contributed by atoms with van der Waals surface area (Å²) in [6, 6.07) is 33.8. The molecule has 2 heterocycles. The minimum absolute atomic E-state index is 0.645. The van der Waals surface area contributed by atoms with E-state index in [0.717, 1.165) is 45.5 Å². The first kappa shape index (κ1) is 23.0. The van der Waals surface area contributed by atoms with Crippen LogP contribution in [-0.4, -0.2) is 16.6 Å². The van der Waals surface area contributed by atoms with Gasteiger partial charge in [0.2, 0.25) is 0 Å². The molecule has 0 aliphatic carbocycles. The predicted molar refractivity (Wildman–Crippen MR) is 154 cm³/mol. The first-order chi connectivity index (χ1) is 18.0. The zero-order valence-electron chi connectivity index (χ0n) is 21.7. The number of benzene rings is 4. The second-order valence-electron chi connectivity index (χ2n) is 9.77. The Morgan fingerprint density at radius 2 is 0.811 bits per heavy atom. The van der Waals surface area contributed by atoms with Gasteiger partial charge in [0.1, 0.15) is 6.67 Å². The summed E-state index contributed by atoms with van der Waals surface area (Å²) in [6.07, 6.45) is 0. The van der Waals surface area contributed by atoms with Crippen molar-refractivity contribution in [3.8, 4) is 22.5 Å². The van der Waals surface area contributed by atoms with E-state index in [1.807, 2.05) is 12.1 Å². The van der Waals surface area contributed by atoms with Gasteiger partial charge in [-0.2, -0.15) is 0 Å². The number of rotatable bonds is 4. The molecule has 4 nitrogen and oxygen atoms in total. The molecule has 0 saturated heterocycles. The maximum absolute atomic E-state index is 5.46. The van der Waals surface area contributed by atoms with Crippen molar-refractivity contribution in [3.63, 3.8) is 0 Å². The Morgan fingerprint density at radius 1 is 0.459 bits per heavy atom. The molecule has 0 spiro atoms. The minimum atomic E-state index is 0.645. The number of aryl methyl sites for hydroxylation is 4. The van der Waals surface area contributed by atoms with E-state index in [2.05, 4.69) is 122 Å². The van der Waals surface area contributed by atoms with Crippen molar-refractivity contribution >= 4 is 23.0 Å². The van der Waals surface area contributed by atoms with Crippen LogP contribution in [0.5, 0.6) is 0 Å². The lowest BCUT2D eigenvalue weighted by Gasteiger charge is -2.20. The van der Waals surface area contributed by atoms with Gasteiger partial charge in [0.15, 0.2) is 11.6 Å². The highest BCUT2D eigenvalue weighted by atomic mass is 15.4. The van der Waals surface area contributed by atoms with Crippen LogP contribution < -0.4 is 9.80 Å². The molecule has 0 saturated carbocycles. The van der Waals surface area contributed by atoms with E-state index in [1.54, 1.807) is 0 Å². The average molecular weight is 483 g/mol. The molecule has 1 aliphatic rings. The zero-order chi connectivity index (χ0) is 25.5. The summed E-state index contributed by atoms with van der Waals surface area (Å²) in [5, 5.41) is 0. The molecule has 4 aromatic carbocycles. The van der Waals surface area contributed by atoms with E-state index in [9.17, 15) is 0 Å². The molecular weight excluding hydrogens is 452 g/mol. The molecule has 0 unspecified atom stereocenters. The first-order valence-electron chi connectivity index (χ1n) is 12.7. The van der Waals surface area contributed by atoms with Crippen LogP contribution in [-0.2, 0) is 0 Å². The van der Waals surface area contributed by atoms with Gasteiger partial charge in [-0.1, -0.05) is 72.8 Å². The fourth-order valence-corrected chi connectivity index (χ4v) is 5.40. The largest absolute Gasteiger partial charge is 0.305 e. The molecule has 4 heteroatoms. The highest BCUT2D eigenvalue weighted by molar-refractivity contribution is 5.90. The molecule has 0 atom stereocenters. The van der Waals surface area contributed by atoms with Gasteiger partial charge in [0.25, 0.3) is 0 Å². The van der Waals surface area contributed by atoms with Crippen LogP contribution in [0, 0.1) is 27.7 Å². The van der Waals surface area contributed by atoms with E-state index in [1.165, 1.54) is 22.3 Å². The van der Waals surface area contributed by atoms with Gasteiger partial charge >= 0.3 is 0 Å². The molecule has 0 fully saturated rings. The summed E-state index contributed by atoms with van der Waals surface area (Å²) in [5.74, 6) is 1.75. The smallest absolute Gasteiger partial charge is 0.179 e. The molecular formula is C33H30N4. The highest BCUT2D eigenvalue weighted by Gasteiger charge is 2.34. The van der Waals surface area contributed by atoms with Crippen molar-refractivity contribution in [1.82, 2.24) is 9.97 Å². The van der Waals surface area contributed by atoms with Crippen molar-refractivity contribution in [2.24, 2.45) is 0 Å². The molecule has 0 radical (unpaired) electrons. The number of nitrogens with zero attached hydrogens (tertiary/aromatic N) is 4. The second kappa shape index (κ2) is 9.21. The predicted octanol–water partition coefficient (Wildman–Crippen LogP) is 8.29. The quantitative estimate of drug-likeness (QED) is 0.258. The zero-order valence-corrected chi connectivity index (χ0v) is 21.7. The summed E-state index contributed by atoms with van der Waals surface area (Å²) in [7, 11) is 0. The van der Waals surface area contributed by atoms with Gasteiger partial charge < -0.3 is 9.80 Å². The molecule has 0 amide bonds. The maximum atomic E-state index is 5.46. The number of fused-ring (bicyclic) bond motifs is 1. The van der Waals surface area contributed by atoms with Gasteiger partial charge in [-0.25, -0.2) is 9.97 Å². The van der Waals surface area contributed by atoms with Gasteiger partial charge in [-0.05, 0) is 74.2 Å². The Kier molecular flexibility index (Phi) is 5.72. The molecule has 182 valence electrons. The molecule has 0 N–H and O–H groups in total. The third-order valence-corrected chi connectivity index (χ3v) is 7.23. The number of aromatic nitrogens is 2. The van der Waals surface area contributed by atoms with Crippen LogP contribution in [0.2, 0.25) is 0 Å². The monoisotopic (exact) mass is 482 g/mol. The van der Waals surface area contributed by atoms with Crippen molar-refractivity contribution in [2.75, 3.05) is 16.5 Å². The normalized spacial score (nSPS) is 12.6. The Hall–Kier alpha value is -4.44. The number of para-hydroxylation sites is 2. The van der Waals surface area contributed by atoms with E-state index in [4.69, 9.17) is 9.97 Å². The van der Waals surface area contributed by atoms with E-state index in [0.29, 0.717) is 6.67 Å². The molecule has 37 heavy (non-hydrogen) atoms. The summed E-state index contributed by atoms with van der Waals surface area (Å²) >= 11 is 0. The second-order valence-corrected chi connectivity index (χ2v) is 9.77. The average Bonchev–Trinajstić information content (AvgIpc) is 3.28. The van der Waals surface area contributed by atoms with Crippen LogP contribution in [0.25, 0.3) is 22.5 Å². The third-order valence-electron chi connectivity index (χ3n) is 7.23. The van der Waals surface area contributed by atoms with Gasteiger partial charge in [0.05, 0.1) is 11.4 Å². The number of hydrogen-bond donors (Lipinski definition) is 0. The standard InChI is InChI=1S/C33H30N4/c1-22-13-11-14-23(2)28(22)30-31(29-24(3)15-12-16-25(29)4)35-33-32(34-30)36(26-17-7-5-8-18-26)21-37(33)27-19-9-6-10-20-27/h5-20H,21H2,1-4H3. The lowest BCUT2D eigenvalue weighted by Crippen LogP contribution is -2.24. The summed E-state index contributed by atoms with van der Waals surface area (Å²) in [5.41, 5.74) is 11.2. The molecule has 6 rings (SSSR count). The first-order valence-corrected chi connectivity index (χ1v) is 12.7. The van der Waals surface area contributed by atoms with E-state index < -0.39 is 0 Å². The summed E-state index contributed by atoms with van der Waals surface area (Å²) < 4.78 is 0. The Morgan fingerprint density at radius 3 is 1.16 bits per heavy atom. The van der Waals surface area contributed by atoms with Gasteiger partial charge in [0, 0.05) is 22.5 Å². The lowest BCUT2D eigenvalue weighted by atomic mass is 9.92. The van der Waals surface area contributed by atoms with E-state index in [-0.39, 0.29) is 0 Å². The van der Waals surface area contributed by atoms with Crippen molar-refractivity contribution in [3.05, 3.63) is 119 Å². The third kappa shape index (κ3) is 3.95. The van der Waals surface area contributed by atoms with Crippen LogP contribution >= 0.6 is 0 Å². The highest BCUT2D eigenvalue weighted by Crippen LogP contribution is 2.46. The SMILES string of the molecule is Cc1cccc(C)c1-c1nc2c(nc1-c1c(C)cccc1C)N(c1ccccc1)CN2c1ccccc1. The van der Waals surface area contributed by atoms with Crippen LogP contribution in [0.3, 0.4) is 0 Å². The number of hydrogen-bond acceptors (Lipinski definition) is 4. The van der Waals surface area contributed by atoms with Crippen molar-refractivity contribution < 1.29 is 0 Å². The van der Waals surface area contributed by atoms with Crippen molar-refractivity contribution in [1.29, 1.82) is 0 Å². The Bertz CT molecular complexity index is 1430. The molecule has 1 aliphatic heterocycles. The molecule has 1 aromatic heterocycles. The summed E-state index contributed by atoms with van der Waals surface area (Å²) in [4.78, 5) is 15.4.